The Morgan fingerprint density at radius 3 is 2.63 bits per heavy atom. The molecule has 1 aromatic carbocycles. The van der Waals surface area contributed by atoms with Gasteiger partial charge in [-0.15, -0.1) is 0 Å². The van der Waals surface area contributed by atoms with Crippen LogP contribution in [-0.2, 0) is 0 Å². The van der Waals surface area contributed by atoms with Crippen molar-refractivity contribution in [3.63, 3.8) is 0 Å². The van der Waals surface area contributed by atoms with Crippen LogP contribution in [0.2, 0.25) is 0 Å². The molecule has 1 heterocycles. The van der Waals surface area contributed by atoms with Crippen LogP contribution < -0.4 is 10.5 Å². The maximum absolute atomic E-state index is 5.92. The fourth-order valence-electron chi connectivity index (χ4n) is 2.76. The van der Waals surface area contributed by atoms with Gasteiger partial charge < -0.3 is 10.5 Å². The molecule has 3 heteroatoms. The van der Waals surface area contributed by atoms with Gasteiger partial charge in [0.05, 0.1) is 6.61 Å². The van der Waals surface area contributed by atoms with Crippen LogP contribution in [-0.4, -0.2) is 37.2 Å². The molecule has 0 radical (unpaired) electrons. The van der Waals surface area contributed by atoms with Gasteiger partial charge in [0.1, 0.15) is 5.75 Å². The Morgan fingerprint density at radius 2 is 1.95 bits per heavy atom. The summed E-state index contributed by atoms with van der Waals surface area (Å²) in [5.41, 5.74) is 7.11. The number of nitrogens with two attached hydrogens (primary N) is 1. The van der Waals surface area contributed by atoms with Gasteiger partial charge in [-0.1, -0.05) is 24.6 Å². The van der Waals surface area contributed by atoms with E-state index in [2.05, 4.69) is 17.9 Å². The molecule has 0 amide bonds. The molecule has 0 aliphatic carbocycles. The number of aryl methyl sites for hydroxylation is 1. The molecular formula is C16H26N2O. The maximum atomic E-state index is 5.92. The lowest BCUT2D eigenvalue weighted by Crippen LogP contribution is -2.44. The molecule has 2 rings (SSSR count). The van der Waals surface area contributed by atoms with Crippen LogP contribution in [0.4, 0.5) is 0 Å². The van der Waals surface area contributed by atoms with E-state index in [1.54, 1.807) is 0 Å². The average molecular weight is 262 g/mol. The SMILES string of the molecule is Cc1ccccc1OCCC(CN)N1CCCCC1. The summed E-state index contributed by atoms with van der Waals surface area (Å²) in [4.78, 5) is 2.53. The van der Waals surface area contributed by atoms with Crippen LogP contribution in [0, 0.1) is 6.92 Å². The summed E-state index contributed by atoms with van der Waals surface area (Å²) in [7, 11) is 0. The molecule has 0 bridgehead atoms. The number of hydrogen-bond acceptors (Lipinski definition) is 3. The molecule has 1 aromatic rings. The van der Waals surface area contributed by atoms with Crippen molar-refractivity contribution in [1.29, 1.82) is 0 Å². The second kappa shape index (κ2) is 7.51. The maximum Gasteiger partial charge on any atom is 0.122 e. The molecule has 1 unspecified atom stereocenters. The molecule has 1 saturated heterocycles. The van der Waals surface area contributed by atoms with Crippen LogP contribution in [0.1, 0.15) is 31.2 Å². The fraction of sp³-hybridized carbons (Fsp3) is 0.625. The first-order chi connectivity index (χ1) is 9.31. The summed E-state index contributed by atoms with van der Waals surface area (Å²) in [5.74, 6) is 0.997. The number of ether oxygens (including phenoxy) is 1. The first-order valence-electron chi connectivity index (χ1n) is 7.44. The van der Waals surface area contributed by atoms with Crippen molar-refractivity contribution in [2.75, 3.05) is 26.2 Å². The lowest BCUT2D eigenvalue weighted by molar-refractivity contribution is 0.142. The van der Waals surface area contributed by atoms with Crippen molar-refractivity contribution >= 4 is 0 Å². The third-order valence-electron chi connectivity index (χ3n) is 3.98. The third kappa shape index (κ3) is 4.22. The minimum atomic E-state index is 0.476. The number of benzene rings is 1. The highest BCUT2D eigenvalue weighted by atomic mass is 16.5. The number of rotatable bonds is 6. The molecule has 0 saturated carbocycles. The average Bonchev–Trinajstić information content (AvgIpc) is 2.46. The van der Waals surface area contributed by atoms with Crippen molar-refractivity contribution in [2.45, 2.75) is 38.6 Å². The van der Waals surface area contributed by atoms with Gasteiger partial charge in [0, 0.05) is 12.6 Å². The number of para-hydroxylation sites is 1. The van der Waals surface area contributed by atoms with Gasteiger partial charge in [-0.25, -0.2) is 0 Å². The van der Waals surface area contributed by atoms with E-state index in [4.69, 9.17) is 10.5 Å². The molecule has 0 spiro atoms. The Hall–Kier alpha value is -1.06. The highest BCUT2D eigenvalue weighted by Crippen LogP contribution is 2.18. The zero-order chi connectivity index (χ0) is 13.5. The molecule has 3 nitrogen and oxygen atoms in total. The Morgan fingerprint density at radius 1 is 1.21 bits per heavy atom. The van der Waals surface area contributed by atoms with Gasteiger partial charge in [-0.05, 0) is 50.9 Å². The largest absolute Gasteiger partial charge is 0.493 e. The van der Waals surface area contributed by atoms with Gasteiger partial charge in [0.15, 0.2) is 0 Å². The van der Waals surface area contributed by atoms with Crippen LogP contribution in [0.3, 0.4) is 0 Å². The molecule has 1 aliphatic heterocycles. The van der Waals surface area contributed by atoms with Crippen LogP contribution >= 0.6 is 0 Å². The Kier molecular flexibility index (Phi) is 5.67. The van der Waals surface area contributed by atoms with Gasteiger partial charge in [0.25, 0.3) is 0 Å². The highest BCUT2D eigenvalue weighted by molar-refractivity contribution is 5.31. The van der Waals surface area contributed by atoms with Crippen molar-refractivity contribution < 1.29 is 4.74 Å². The molecule has 19 heavy (non-hydrogen) atoms. The summed E-state index contributed by atoms with van der Waals surface area (Å²) >= 11 is 0. The molecule has 0 aromatic heterocycles. The molecule has 106 valence electrons. The van der Waals surface area contributed by atoms with E-state index in [-0.39, 0.29) is 0 Å². The molecular weight excluding hydrogens is 236 g/mol. The smallest absolute Gasteiger partial charge is 0.122 e. The zero-order valence-corrected chi connectivity index (χ0v) is 12.0. The summed E-state index contributed by atoms with van der Waals surface area (Å²) in [5, 5.41) is 0. The minimum Gasteiger partial charge on any atom is -0.493 e. The highest BCUT2D eigenvalue weighted by Gasteiger charge is 2.19. The van der Waals surface area contributed by atoms with Crippen molar-refractivity contribution in [3.05, 3.63) is 29.8 Å². The van der Waals surface area contributed by atoms with Crippen LogP contribution in [0.5, 0.6) is 5.75 Å². The van der Waals surface area contributed by atoms with Gasteiger partial charge in [-0.3, -0.25) is 4.90 Å². The summed E-state index contributed by atoms with van der Waals surface area (Å²) in [6, 6.07) is 8.66. The molecule has 1 atom stereocenters. The standard InChI is InChI=1S/C16H26N2O/c1-14-7-3-4-8-16(14)19-12-9-15(13-17)18-10-5-2-6-11-18/h3-4,7-8,15H,2,5-6,9-13,17H2,1H3. The third-order valence-corrected chi connectivity index (χ3v) is 3.98. The lowest BCUT2D eigenvalue weighted by atomic mass is 10.1. The first kappa shape index (κ1) is 14.4. The molecule has 1 aliphatic rings. The van der Waals surface area contributed by atoms with Crippen LogP contribution in [0.25, 0.3) is 0 Å². The summed E-state index contributed by atoms with van der Waals surface area (Å²) in [6.07, 6.45) is 5.02. The Bertz CT molecular complexity index is 375. The van der Waals surface area contributed by atoms with E-state index in [0.717, 1.165) is 25.3 Å². The summed E-state index contributed by atoms with van der Waals surface area (Å²) in [6.45, 7) is 5.97. The molecule has 1 fully saturated rings. The van der Waals surface area contributed by atoms with E-state index >= 15 is 0 Å². The van der Waals surface area contributed by atoms with E-state index in [9.17, 15) is 0 Å². The Balaban J connectivity index is 1.78. The van der Waals surface area contributed by atoms with Crippen LogP contribution in [0.15, 0.2) is 24.3 Å². The predicted molar refractivity (Wildman–Crippen MR) is 79.6 cm³/mol. The minimum absolute atomic E-state index is 0.476. The van der Waals surface area contributed by atoms with Gasteiger partial charge in [0.2, 0.25) is 0 Å². The quantitative estimate of drug-likeness (QED) is 0.856. The normalized spacial score (nSPS) is 18.2. The van der Waals surface area contributed by atoms with E-state index in [1.807, 2.05) is 18.2 Å². The van der Waals surface area contributed by atoms with Gasteiger partial charge in [-0.2, -0.15) is 0 Å². The van der Waals surface area contributed by atoms with Gasteiger partial charge >= 0.3 is 0 Å². The van der Waals surface area contributed by atoms with E-state index in [1.165, 1.54) is 37.9 Å². The Labute approximate surface area is 116 Å². The number of likely N-dealkylation sites (tertiary alicyclic amines) is 1. The monoisotopic (exact) mass is 262 g/mol. The lowest BCUT2D eigenvalue weighted by Gasteiger charge is -2.33. The second-order valence-corrected chi connectivity index (χ2v) is 5.39. The molecule has 2 N–H and O–H groups in total. The van der Waals surface area contributed by atoms with Crippen molar-refractivity contribution in [2.24, 2.45) is 5.73 Å². The summed E-state index contributed by atoms with van der Waals surface area (Å²) < 4.78 is 5.88. The van der Waals surface area contributed by atoms with Crippen molar-refractivity contribution in [3.8, 4) is 5.75 Å². The van der Waals surface area contributed by atoms with Crippen molar-refractivity contribution in [1.82, 2.24) is 4.90 Å². The van der Waals surface area contributed by atoms with E-state index in [0.29, 0.717) is 6.04 Å². The topological polar surface area (TPSA) is 38.5 Å². The number of nitrogens with zero attached hydrogens (tertiary/aromatic N) is 1. The second-order valence-electron chi connectivity index (χ2n) is 5.39. The number of piperidine rings is 1. The number of hydrogen-bond donors (Lipinski definition) is 1. The predicted octanol–water partition coefficient (Wildman–Crippen LogP) is 2.58. The van der Waals surface area contributed by atoms with E-state index < -0.39 is 0 Å². The fourth-order valence-corrected chi connectivity index (χ4v) is 2.76. The zero-order valence-electron chi connectivity index (χ0n) is 12.0. The first-order valence-corrected chi connectivity index (χ1v) is 7.44.